The molecule has 0 fully saturated rings. The maximum absolute atomic E-state index is 6.52. The first-order chi connectivity index (χ1) is 15.3. The summed E-state index contributed by atoms with van der Waals surface area (Å²) in [7, 11) is 0. The van der Waals surface area contributed by atoms with E-state index in [1.54, 1.807) is 0 Å². The third kappa shape index (κ3) is 22.9. The van der Waals surface area contributed by atoms with Gasteiger partial charge in [0.15, 0.2) is 0 Å². The Labute approximate surface area is 196 Å². The zero-order valence-electron chi connectivity index (χ0n) is 21.7. The molecule has 0 saturated carbocycles. The van der Waals surface area contributed by atoms with E-state index in [-0.39, 0.29) is 0 Å². The summed E-state index contributed by atoms with van der Waals surface area (Å²) < 4.78 is 6.52. The first-order valence-corrected chi connectivity index (χ1v) is 14.3. The molecule has 0 bridgehead atoms. The second kappa shape index (κ2) is 26.1. The van der Waals surface area contributed by atoms with Gasteiger partial charge in [0.2, 0.25) is 0 Å². The minimum Gasteiger partial charge on any atom is -0.375 e. The molecule has 31 heavy (non-hydrogen) atoms. The maximum atomic E-state index is 6.52. The number of nitrogens with two attached hydrogens (primary N) is 2. The summed E-state index contributed by atoms with van der Waals surface area (Å²) in [6, 6.07) is 0. The van der Waals surface area contributed by atoms with Crippen molar-refractivity contribution >= 4 is 0 Å². The van der Waals surface area contributed by atoms with Crippen LogP contribution in [0.4, 0.5) is 0 Å². The highest BCUT2D eigenvalue weighted by molar-refractivity contribution is 4.67. The minimum atomic E-state index is 0.338. The predicted molar refractivity (Wildman–Crippen MR) is 140 cm³/mol. The molecule has 2 atom stereocenters. The lowest BCUT2D eigenvalue weighted by Gasteiger charge is -2.25. The zero-order chi connectivity index (χ0) is 22.8. The van der Waals surface area contributed by atoms with E-state index in [0.717, 1.165) is 25.9 Å². The Morgan fingerprint density at radius 3 is 1.00 bits per heavy atom. The van der Waals surface area contributed by atoms with Gasteiger partial charge in [0, 0.05) is 0 Å². The van der Waals surface area contributed by atoms with Gasteiger partial charge < -0.3 is 16.2 Å². The third-order valence-corrected chi connectivity index (χ3v) is 6.62. The lowest BCUT2D eigenvalue weighted by molar-refractivity contribution is -0.0279. The van der Waals surface area contributed by atoms with E-state index in [2.05, 4.69) is 13.8 Å². The molecule has 0 aromatic carbocycles. The van der Waals surface area contributed by atoms with Gasteiger partial charge in [-0.1, -0.05) is 129 Å². The highest BCUT2D eigenvalue weighted by Crippen LogP contribution is 2.19. The van der Waals surface area contributed by atoms with Crippen molar-refractivity contribution in [1.82, 2.24) is 0 Å². The van der Waals surface area contributed by atoms with Gasteiger partial charge in [0.25, 0.3) is 0 Å². The number of rotatable bonds is 26. The largest absolute Gasteiger partial charge is 0.375 e. The minimum absolute atomic E-state index is 0.338. The third-order valence-electron chi connectivity index (χ3n) is 6.62. The molecule has 4 N–H and O–H groups in total. The highest BCUT2D eigenvalue weighted by atomic mass is 16.5. The van der Waals surface area contributed by atoms with Crippen LogP contribution in [0.5, 0.6) is 0 Å². The molecule has 2 unspecified atom stereocenters. The fourth-order valence-electron chi connectivity index (χ4n) is 4.57. The number of hydrogen-bond acceptors (Lipinski definition) is 3. The van der Waals surface area contributed by atoms with Gasteiger partial charge in [-0.2, -0.15) is 0 Å². The van der Waals surface area contributed by atoms with Gasteiger partial charge >= 0.3 is 0 Å². The average Bonchev–Trinajstić information content (AvgIpc) is 2.77. The van der Waals surface area contributed by atoms with Crippen LogP contribution in [-0.4, -0.2) is 25.3 Å². The molecular formula is C28H60N2O. The van der Waals surface area contributed by atoms with Crippen molar-refractivity contribution < 1.29 is 4.74 Å². The van der Waals surface area contributed by atoms with Crippen LogP contribution < -0.4 is 11.5 Å². The SMILES string of the molecule is CCCCCCCCCCCC(CCN)OC(CCN)CCCCCCCCCCC. The number of ether oxygens (including phenoxy) is 1. The van der Waals surface area contributed by atoms with E-state index in [4.69, 9.17) is 16.2 Å². The number of hydrogen-bond donors (Lipinski definition) is 2. The van der Waals surface area contributed by atoms with Crippen LogP contribution in [0.3, 0.4) is 0 Å². The summed E-state index contributed by atoms with van der Waals surface area (Å²) in [5.74, 6) is 0. The standard InChI is InChI=1S/C28H60N2O/c1-3-5-7-9-11-13-15-17-19-21-27(23-25-29)31-28(24-26-30)22-20-18-16-14-12-10-8-6-4-2/h27-28H,3-26,29-30H2,1-2H3. The quantitative estimate of drug-likeness (QED) is 0.133. The number of unbranched alkanes of at least 4 members (excludes halogenated alkanes) is 16. The van der Waals surface area contributed by atoms with Crippen molar-refractivity contribution in [2.24, 2.45) is 11.5 Å². The van der Waals surface area contributed by atoms with Crippen LogP contribution >= 0.6 is 0 Å². The first kappa shape index (κ1) is 30.9. The Morgan fingerprint density at radius 2 is 0.710 bits per heavy atom. The monoisotopic (exact) mass is 440 g/mol. The Balaban J connectivity index is 3.88. The van der Waals surface area contributed by atoms with Crippen molar-refractivity contribution in [2.45, 2.75) is 167 Å². The topological polar surface area (TPSA) is 61.3 Å². The van der Waals surface area contributed by atoms with Crippen LogP contribution in [0.25, 0.3) is 0 Å². The lowest BCUT2D eigenvalue weighted by Crippen LogP contribution is -2.26. The first-order valence-electron chi connectivity index (χ1n) is 14.3. The molecule has 0 amide bonds. The Kier molecular flexibility index (Phi) is 26.0. The van der Waals surface area contributed by atoms with Crippen LogP contribution in [0.1, 0.15) is 155 Å². The van der Waals surface area contributed by atoms with Crippen LogP contribution in [-0.2, 0) is 4.74 Å². The molecule has 0 spiro atoms. The van der Waals surface area contributed by atoms with Gasteiger partial charge in [-0.3, -0.25) is 0 Å². The van der Waals surface area contributed by atoms with Crippen LogP contribution in [0.15, 0.2) is 0 Å². The van der Waals surface area contributed by atoms with E-state index < -0.39 is 0 Å². The molecule has 0 radical (unpaired) electrons. The fourth-order valence-corrected chi connectivity index (χ4v) is 4.57. The Hall–Kier alpha value is -0.120. The van der Waals surface area contributed by atoms with Gasteiger partial charge in [-0.25, -0.2) is 0 Å². The predicted octanol–water partition coefficient (Wildman–Crippen LogP) is 8.28. The summed E-state index contributed by atoms with van der Waals surface area (Å²) >= 11 is 0. The summed E-state index contributed by atoms with van der Waals surface area (Å²) in [5.41, 5.74) is 11.8. The molecular weight excluding hydrogens is 380 g/mol. The molecule has 188 valence electrons. The van der Waals surface area contributed by atoms with Gasteiger partial charge in [0.05, 0.1) is 12.2 Å². The molecule has 0 aromatic heterocycles. The summed E-state index contributed by atoms with van der Waals surface area (Å²) in [5, 5.41) is 0. The van der Waals surface area contributed by atoms with Crippen LogP contribution in [0.2, 0.25) is 0 Å². The molecule has 0 aliphatic heterocycles. The van der Waals surface area contributed by atoms with Gasteiger partial charge in [-0.05, 0) is 38.8 Å². The summed E-state index contributed by atoms with van der Waals surface area (Å²) in [6.07, 6.45) is 29.9. The van der Waals surface area contributed by atoms with Crippen molar-refractivity contribution in [3.05, 3.63) is 0 Å². The normalized spacial score (nSPS) is 13.5. The summed E-state index contributed by atoms with van der Waals surface area (Å²) in [4.78, 5) is 0. The highest BCUT2D eigenvalue weighted by Gasteiger charge is 2.15. The van der Waals surface area contributed by atoms with Crippen molar-refractivity contribution in [1.29, 1.82) is 0 Å². The van der Waals surface area contributed by atoms with E-state index >= 15 is 0 Å². The maximum Gasteiger partial charge on any atom is 0.0591 e. The zero-order valence-corrected chi connectivity index (χ0v) is 21.7. The van der Waals surface area contributed by atoms with Crippen LogP contribution in [0, 0.1) is 0 Å². The molecule has 0 aliphatic carbocycles. The second-order valence-corrected chi connectivity index (χ2v) is 9.77. The summed E-state index contributed by atoms with van der Waals surface area (Å²) in [6.45, 7) is 6.04. The van der Waals surface area contributed by atoms with E-state index in [1.807, 2.05) is 0 Å². The van der Waals surface area contributed by atoms with Crippen molar-refractivity contribution in [3.63, 3.8) is 0 Å². The second-order valence-electron chi connectivity index (χ2n) is 9.77. The Morgan fingerprint density at radius 1 is 0.419 bits per heavy atom. The molecule has 0 rings (SSSR count). The molecule has 0 aromatic rings. The van der Waals surface area contributed by atoms with Gasteiger partial charge in [0.1, 0.15) is 0 Å². The molecule has 0 saturated heterocycles. The smallest absolute Gasteiger partial charge is 0.0591 e. The molecule has 0 aliphatic rings. The fraction of sp³-hybridized carbons (Fsp3) is 1.00. The van der Waals surface area contributed by atoms with Gasteiger partial charge in [-0.15, -0.1) is 0 Å². The average molecular weight is 441 g/mol. The lowest BCUT2D eigenvalue weighted by atomic mass is 10.0. The molecule has 3 nitrogen and oxygen atoms in total. The van der Waals surface area contributed by atoms with Crippen molar-refractivity contribution in [2.75, 3.05) is 13.1 Å². The molecule has 3 heteroatoms. The molecule has 0 heterocycles. The van der Waals surface area contributed by atoms with E-state index in [0.29, 0.717) is 12.2 Å². The van der Waals surface area contributed by atoms with E-state index in [9.17, 15) is 0 Å². The van der Waals surface area contributed by atoms with Crippen molar-refractivity contribution in [3.8, 4) is 0 Å². The Bertz CT molecular complexity index is 294. The van der Waals surface area contributed by atoms with E-state index in [1.165, 1.54) is 128 Å².